The highest BCUT2D eigenvalue weighted by Gasteiger charge is 2.24. The van der Waals surface area contributed by atoms with Gasteiger partial charge >= 0.3 is 0 Å². The van der Waals surface area contributed by atoms with Crippen LogP contribution in [0.25, 0.3) is 0 Å². The Hall–Kier alpha value is -0.170. The summed E-state index contributed by atoms with van der Waals surface area (Å²) in [5, 5.41) is 3.47. The van der Waals surface area contributed by atoms with E-state index in [1.54, 1.807) is 7.11 Å². The van der Waals surface area contributed by atoms with E-state index < -0.39 is 6.10 Å². The van der Waals surface area contributed by atoms with Crippen molar-refractivity contribution in [3.63, 3.8) is 0 Å². The number of hydrogen-bond donors (Lipinski definition) is 1. The second-order valence-electron chi connectivity index (χ2n) is 3.25. The molecule has 0 radical (unpaired) electrons. The van der Waals surface area contributed by atoms with Crippen LogP contribution >= 0.6 is 15.9 Å². The molecule has 1 fully saturated rings. The molecule has 1 saturated heterocycles. The van der Waals surface area contributed by atoms with Gasteiger partial charge in [0.05, 0.1) is 32.5 Å². The number of hydrogen-bond acceptors (Lipinski definition) is 4. The Labute approximate surface area is 97.6 Å². The van der Waals surface area contributed by atoms with Crippen LogP contribution in [0, 0.1) is 0 Å². The first kappa shape index (κ1) is 12.9. The Balaban J connectivity index is 2.31. The zero-order chi connectivity index (χ0) is 11.1. The highest BCUT2D eigenvalue weighted by Crippen LogP contribution is 2.02. The van der Waals surface area contributed by atoms with Crippen LogP contribution in [0.2, 0.25) is 0 Å². The summed E-state index contributed by atoms with van der Waals surface area (Å²) < 4.78 is 15.4. The van der Waals surface area contributed by atoms with E-state index in [0.29, 0.717) is 31.8 Å². The molecular formula is C9H16BrNO4. The lowest BCUT2D eigenvalue weighted by Gasteiger charge is -2.24. The molecule has 1 amide bonds. The van der Waals surface area contributed by atoms with Crippen LogP contribution in [0.15, 0.2) is 0 Å². The average Bonchev–Trinajstić information content (AvgIpc) is 2.29. The van der Waals surface area contributed by atoms with Crippen molar-refractivity contribution in [2.75, 3.05) is 38.9 Å². The van der Waals surface area contributed by atoms with E-state index in [9.17, 15) is 4.79 Å². The number of rotatable bonds is 5. The van der Waals surface area contributed by atoms with Gasteiger partial charge in [-0.15, -0.1) is 0 Å². The number of carbonyl (C=O) groups excluding carboxylic acids is 1. The summed E-state index contributed by atoms with van der Waals surface area (Å²) in [5.41, 5.74) is 0. The van der Waals surface area contributed by atoms with Crippen molar-refractivity contribution in [3.8, 4) is 0 Å². The van der Waals surface area contributed by atoms with Gasteiger partial charge in [-0.05, 0) is 0 Å². The quantitative estimate of drug-likeness (QED) is 0.717. The highest BCUT2D eigenvalue weighted by molar-refractivity contribution is 9.09. The Morgan fingerprint density at radius 2 is 2.47 bits per heavy atom. The van der Waals surface area contributed by atoms with Gasteiger partial charge < -0.3 is 19.5 Å². The number of alkyl halides is 1. The first-order valence-electron chi connectivity index (χ1n) is 4.82. The maximum atomic E-state index is 11.6. The fourth-order valence-corrected chi connectivity index (χ4v) is 1.61. The zero-order valence-electron chi connectivity index (χ0n) is 8.70. The van der Waals surface area contributed by atoms with E-state index in [1.807, 2.05) is 0 Å². The first-order chi connectivity index (χ1) is 7.27. The minimum Gasteiger partial charge on any atom is -0.383 e. The molecule has 6 heteroatoms. The molecule has 1 rings (SSSR count). The van der Waals surface area contributed by atoms with Crippen LogP contribution in [0.3, 0.4) is 0 Å². The van der Waals surface area contributed by atoms with Crippen molar-refractivity contribution in [1.29, 1.82) is 0 Å². The number of methoxy groups -OCH3 is 1. The fourth-order valence-electron chi connectivity index (χ4n) is 1.26. The molecule has 15 heavy (non-hydrogen) atoms. The molecule has 1 N–H and O–H groups in total. The largest absolute Gasteiger partial charge is 0.383 e. The summed E-state index contributed by atoms with van der Waals surface area (Å²) in [4.78, 5) is 11.6. The van der Waals surface area contributed by atoms with Crippen LogP contribution < -0.4 is 5.32 Å². The molecule has 0 aromatic carbocycles. The summed E-state index contributed by atoms with van der Waals surface area (Å²) in [7, 11) is 1.60. The minimum absolute atomic E-state index is 0.0342. The zero-order valence-corrected chi connectivity index (χ0v) is 10.3. The van der Waals surface area contributed by atoms with E-state index in [2.05, 4.69) is 21.2 Å². The van der Waals surface area contributed by atoms with Crippen molar-refractivity contribution in [1.82, 2.24) is 5.32 Å². The molecule has 2 unspecified atom stereocenters. The molecule has 2 atom stereocenters. The first-order valence-corrected chi connectivity index (χ1v) is 5.94. The van der Waals surface area contributed by atoms with Gasteiger partial charge in [-0.2, -0.15) is 0 Å². The molecule has 1 aliphatic rings. The Morgan fingerprint density at radius 3 is 3.00 bits per heavy atom. The third-order valence-corrected chi connectivity index (χ3v) is 2.79. The van der Waals surface area contributed by atoms with Gasteiger partial charge in [0.1, 0.15) is 0 Å². The third-order valence-electron chi connectivity index (χ3n) is 2.01. The SMILES string of the molecule is COCC(CBr)NC(=O)C1COCCO1. The number of carbonyl (C=O) groups is 1. The average molecular weight is 282 g/mol. The molecule has 0 aromatic heterocycles. The van der Waals surface area contributed by atoms with Crippen molar-refractivity contribution in [2.45, 2.75) is 12.1 Å². The van der Waals surface area contributed by atoms with Gasteiger partial charge in [0.25, 0.3) is 5.91 Å². The molecule has 1 heterocycles. The molecule has 0 spiro atoms. The van der Waals surface area contributed by atoms with E-state index in [0.717, 1.165) is 0 Å². The van der Waals surface area contributed by atoms with Gasteiger partial charge in [-0.1, -0.05) is 15.9 Å². The van der Waals surface area contributed by atoms with Crippen LogP contribution in [0.4, 0.5) is 0 Å². The summed E-state index contributed by atoms with van der Waals surface area (Å²) in [6, 6.07) is -0.0342. The lowest BCUT2D eigenvalue weighted by atomic mass is 10.3. The molecule has 0 bridgehead atoms. The van der Waals surface area contributed by atoms with Crippen molar-refractivity contribution in [3.05, 3.63) is 0 Å². The minimum atomic E-state index is -0.489. The van der Waals surface area contributed by atoms with Crippen LogP contribution in [-0.4, -0.2) is 56.9 Å². The van der Waals surface area contributed by atoms with Crippen molar-refractivity contribution < 1.29 is 19.0 Å². The standard InChI is InChI=1S/C9H16BrNO4/c1-13-5-7(4-10)11-9(12)8-6-14-2-3-15-8/h7-8H,2-6H2,1H3,(H,11,12). The fraction of sp³-hybridized carbons (Fsp3) is 0.889. The molecular weight excluding hydrogens is 266 g/mol. The predicted octanol–water partition coefficient (Wildman–Crippen LogP) is -0.0721. The lowest BCUT2D eigenvalue weighted by molar-refractivity contribution is -0.148. The predicted molar refractivity (Wildman–Crippen MR) is 58.2 cm³/mol. The van der Waals surface area contributed by atoms with Gasteiger partial charge in [-0.25, -0.2) is 0 Å². The second-order valence-corrected chi connectivity index (χ2v) is 3.90. The van der Waals surface area contributed by atoms with Crippen LogP contribution in [0.1, 0.15) is 0 Å². The molecule has 0 aliphatic carbocycles. The Bertz CT molecular complexity index is 197. The molecule has 0 saturated carbocycles. The lowest BCUT2D eigenvalue weighted by Crippen LogP contribution is -2.48. The number of nitrogens with one attached hydrogen (secondary N) is 1. The van der Waals surface area contributed by atoms with Crippen molar-refractivity contribution in [2.24, 2.45) is 0 Å². The summed E-state index contributed by atoms with van der Waals surface area (Å²) in [5.74, 6) is -0.142. The number of amides is 1. The maximum Gasteiger partial charge on any atom is 0.251 e. The summed E-state index contributed by atoms with van der Waals surface area (Å²) >= 11 is 3.30. The summed E-state index contributed by atoms with van der Waals surface area (Å²) in [6.07, 6.45) is -0.489. The maximum absolute atomic E-state index is 11.6. The third kappa shape index (κ3) is 4.46. The highest BCUT2D eigenvalue weighted by atomic mass is 79.9. The topological polar surface area (TPSA) is 56.8 Å². The number of halogens is 1. The summed E-state index contributed by atoms with van der Waals surface area (Å²) in [6.45, 7) is 1.84. The molecule has 5 nitrogen and oxygen atoms in total. The van der Waals surface area contributed by atoms with Crippen LogP contribution in [0.5, 0.6) is 0 Å². The smallest absolute Gasteiger partial charge is 0.251 e. The van der Waals surface area contributed by atoms with Crippen LogP contribution in [-0.2, 0) is 19.0 Å². The Morgan fingerprint density at radius 1 is 1.67 bits per heavy atom. The van der Waals surface area contributed by atoms with Gasteiger partial charge in [-0.3, -0.25) is 4.79 Å². The van der Waals surface area contributed by atoms with E-state index in [-0.39, 0.29) is 11.9 Å². The Kier molecular flexibility index (Phi) is 6.16. The number of ether oxygens (including phenoxy) is 3. The molecule has 88 valence electrons. The van der Waals surface area contributed by atoms with E-state index >= 15 is 0 Å². The molecule has 1 aliphatic heterocycles. The molecule has 0 aromatic rings. The van der Waals surface area contributed by atoms with Gasteiger partial charge in [0.15, 0.2) is 6.10 Å². The van der Waals surface area contributed by atoms with E-state index in [1.165, 1.54) is 0 Å². The monoisotopic (exact) mass is 281 g/mol. The second kappa shape index (κ2) is 7.16. The normalized spacial score (nSPS) is 23.5. The van der Waals surface area contributed by atoms with Gasteiger partial charge in [0.2, 0.25) is 0 Å². The van der Waals surface area contributed by atoms with Crippen molar-refractivity contribution >= 4 is 21.8 Å². The van der Waals surface area contributed by atoms with E-state index in [4.69, 9.17) is 14.2 Å². The van der Waals surface area contributed by atoms with Gasteiger partial charge in [0, 0.05) is 12.4 Å².